The van der Waals surface area contributed by atoms with Crippen LogP contribution in [0.25, 0.3) is 11.1 Å². The smallest absolute Gasteiger partial charge is 0.407 e. The fourth-order valence-electron chi connectivity index (χ4n) is 3.79. The molecule has 3 rings (SSSR count). The third-order valence-corrected chi connectivity index (χ3v) is 5.26. The number of carboxylic acid groups (broad SMARTS) is 1. The zero-order valence-corrected chi connectivity index (χ0v) is 17.4. The SMILES string of the molecule is CC(O)C(NC(=O)C[C@@H](C)NC(=O)OCC1c2ccccc2-c2ccccc21)C(=O)O. The molecule has 0 aromatic heterocycles. The fraction of sp³-hybridized carbons (Fsp3) is 0.348. The quantitative estimate of drug-likeness (QED) is 0.513. The standard InChI is InChI=1S/C23H26N2O6/c1-13(11-20(27)25-21(14(2)26)22(28)29)24-23(30)31-12-19-17-9-5-3-7-15(17)16-8-4-6-10-18(16)19/h3-10,13-14,19,21,26H,11-12H2,1-2H3,(H,24,30)(H,25,27)(H,28,29)/t13-,14?,21?/m1/s1. The van der Waals surface area contributed by atoms with Crippen LogP contribution in [0, 0.1) is 0 Å². The van der Waals surface area contributed by atoms with E-state index >= 15 is 0 Å². The van der Waals surface area contributed by atoms with Gasteiger partial charge in [-0.3, -0.25) is 4.79 Å². The molecular weight excluding hydrogens is 400 g/mol. The lowest BCUT2D eigenvalue weighted by Gasteiger charge is -2.19. The summed E-state index contributed by atoms with van der Waals surface area (Å²) in [6.07, 6.45) is -2.06. The van der Waals surface area contributed by atoms with Gasteiger partial charge in [-0.2, -0.15) is 0 Å². The first-order chi connectivity index (χ1) is 14.8. The van der Waals surface area contributed by atoms with Crippen molar-refractivity contribution in [1.29, 1.82) is 0 Å². The first-order valence-corrected chi connectivity index (χ1v) is 10.1. The third kappa shape index (κ3) is 5.21. The van der Waals surface area contributed by atoms with Gasteiger partial charge in [-0.1, -0.05) is 48.5 Å². The molecule has 4 N–H and O–H groups in total. The van der Waals surface area contributed by atoms with Gasteiger partial charge >= 0.3 is 12.1 Å². The average molecular weight is 426 g/mol. The molecule has 0 fully saturated rings. The Morgan fingerprint density at radius 1 is 0.968 bits per heavy atom. The van der Waals surface area contributed by atoms with Crippen molar-refractivity contribution in [3.8, 4) is 11.1 Å². The van der Waals surface area contributed by atoms with Gasteiger partial charge in [0.1, 0.15) is 6.61 Å². The van der Waals surface area contributed by atoms with Crippen molar-refractivity contribution in [3.63, 3.8) is 0 Å². The Labute approximate surface area is 180 Å². The Morgan fingerprint density at radius 3 is 2.03 bits per heavy atom. The molecule has 2 aromatic carbocycles. The Hall–Kier alpha value is -3.39. The zero-order valence-electron chi connectivity index (χ0n) is 17.4. The second-order valence-electron chi connectivity index (χ2n) is 7.70. The number of rotatable bonds is 8. The highest BCUT2D eigenvalue weighted by atomic mass is 16.5. The molecule has 2 aromatic rings. The highest BCUT2D eigenvalue weighted by Crippen LogP contribution is 2.44. The van der Waals surface area contributed by atoms with E-state index in [2.05, 4.69) is 10.6 Å². The minimum Gasteiger partial charge on any atom is -0.480 e. The van der Waals surface area contributed by atoms with Crippen molar-refractivity contribution in [3.05, 3.63) is 59.7 Å². The monoisotopic (exact) mass is 426 g/mol. The number of carbonyl (C=O) groups excluding carboxylic acids is 2. The van der Waals surface area contributed by atoms with Gasteiger partial charge in [0.2, 0.25) is 5.91 Å². The number of hydrogen-bond donors (Lipinski definition) is 4. The molecule has 2 amide bonds. The van der Waals surface area contributed by atoms with E-state index in [-0.39, 0.29) is 18.9 Å². The summed E-state index contributed by atoms with van der Waals surface area (Å²) in [7, 11) is 0. The third-order valence-electron chi connectivity index (χ3n) is 5.26. The molecule has 8 nitrogen and oxygen atoms in total. The Morgan fingerprint density at radius 2 is 1.52 bits per heavy atom. The molecule has 2 unspecified atom stereocenters. The maximum absolute atomic E-state index is 12.3. The van der Waals surface area contributed by atoms with Gasteiger partial charge < -0.3 is 25.6 Å². The van der Waals surface area contributed by atoms with Crippen LogP contribution < -0.4 is 10.6 Å². The normalized spacial score (nSPS) is 15.2. The van der Waals surface area contributed by atoms with Crippen LogP contribution in [0.3, 0.4) is 0 Å². The van der Waals surface area contributed by atoms with Gasteiger partial charge in [0.25, 0.3) is 0 Å². The Kier molecular flexibility index (Phi) is 6.91. The van der Waals surface area contributed by atoms with Crippen LogP contribution in [0.4, 0.5) is 4.79 Å². The summed E-state index contributed by atoms with van der Waals surface area (Å²) in [6.45, 7) is 3.04. The van der Waals surface area contributed by atoms with Crippen molar-refractivity contribution in [2.45, 2.75) is 44.4 Å². The molecule has 0 heterocycles. The first-order valence-electron chi connectivity index (χ1n) is 10.1. The summed E-state index contributed by atoms with van der Waals surface area (Å²) < 4.78 is 5.43. The number of ether oxygens (including phenoxy) is 1. The molecule has 8 heteroatoms. The van der Waals surface area contributed by atoms with Crippen LogP contribution in [0.2, 0.25) is 0 Å². The van der Waals surface area contributed by atoms with Crippen molar-refractivity contribution >= 4 is 18.0 Å². The summed E-state index contributed by atoms with van der Waals surface area (Å²) in [6, 6.07) is 14.0. The molecule has 3 atom stereocenters. The van der Waals surface area contributed by atoms with Gasteiger partial charge in [0.15, 0.2) is 6.04 Å². The number of aliphatic hydroxyl groups excluding tert-OH is 1. The number of carboxylic acids is 1. The van der Waals surface area contributed by atoms with Crippen LogP contribution in [0.15, 0.2) is 48.5 Å². The van der Waals surface area contributed by atoms with E-state index in [1.165, 1.54) is 6.92 Å². The molecule has 0 bridgehead atoms. The molecule has 0 saturated heterocycles. The van der Waals surface area contributed by atoms with E-state index in [0.29, 0.717) is 0 Å². The van der Waals surface area contributed by atoms with E-state index in [1.54, 1.807) is 6.92 Å². The van der Waals surface area contributed by atoms with Gasteiger partial charge in [0.05, 0.1) is 6.10 Å². The van der Waals surface area contributed by atoms with Crippen LogP contribution in [0.5, 0.6) is 0 Å². The highest BCUT2D eigenvalue weighted by molar-refractivity contribution is 5.84. The van der Waals surface area contributed by atoms with E-state index in [0.717, 1.165) is 22.3 Å². The second-order valence-corrected chi connectivity index (χ2v) is 7.70. The van der Waals surface area contributed by atoms with Gasteiger partial charge in [-0.25, -0.2) is 9.59 Å². The van der Waals surface area contributed by atoms with Crippen molar-refractivity contribution in [1.82, 2.24) is 10.6 Å². The molecule has 0 saturated carbocycles. The number of hydrogen-bond acceptors (Lipinski definition) is 5. The summed E-state index contributed by atoms with van der Waals surface area (Å²) in [5.74, 6) is -2.00. The maximum Gasteiger partial charge on any atom is 0.407 e. The Bertz CT molecular complexity index is 929. The lowest BCUT2D eigenvalue weighted by molar-refractivity contribution is -0.144. The largest absolute Gasteiger partial charge is 0.480 e. The average Bonchev–Trinajstić information content (AvgIpc) is 3.04. The summed E-state index contributed by atoms with van der Waals surface area (Å²) >= 11 is 0. The van der Waals surface area contributed by atoms with E-state index < -0.39 is 36.2 Å². The number of nitrogens with one attached hydrogen (secondary N) is 2. The van der Waals surface area contributed by atoms with E-state index in [1.807, 2.05) is 48.5 Å². The number of alkyl carbamates (subject to hydrolysis) is 1. The summed E-state index contributed by atoms with van der Waals surface area (Å²) in [5, 5.41) is 23.3. The lowest BCUT2D eigenvalue weighted by atomic mass is 9.98. The number of benzene rings is 2. The maximum atomic E-state index is 12.3. The highest BCUT2D eigenvalue weighted by Gasteiger charge is 2.29. The number of aliphatic carboxylic acids is 1. The van der Waals surface area contributed by atoms with Crippen LogP contribution >= 0.6 is 0 Å². The van der Waals surface area contributed by atoms with E-state index in [4.69, 9.17) is 9.84 Å². The number of fused-ring (bicyclic) bond motifs is 3. The zero-order chi connectivity index (χ0) is 22.5. The minimum absolute atomic E-state index is 0.0703. The molecule has 31 heavy (non-hydrogen) atoms. The summed E-state index contributed by atoms with van der Waals surface area (Å²) in [4.78, 5) is 35.3. The molecule has 0 spiro atoms. The lowest BCUT2D eigenvalue weighted by Crippen LogP contribution is -2.49. The molecule has 0 radical (unpaired) electrons. The topological polar surface area (TPSA) is 125 Å². The van der Waals surface area contributed by atoms with Crippen molar-refractivity contribution in [2.75, 3.05) is 6.61 Å². The fourth-order valence-corrected chi connectivity index (χ4v) is 3.79. The Balaban J connectivity index is 1.54. The molecule has 164 valence electrons. The van der Waals surface area contributed by atoms with Crippen LogP contribution in [0.1, 0.15) is 37.3 Å². The van der Waals surface area contributed by atoms with Gasteiger partial charge in [-0.15, -0.1) is 0 Å². The van der Waals surface area contributed by atoms with E-state index in [9.17, 15) is 19.5 Å². The van der Waals surface area contributed by atoms with Crippen molar-refractivity contribution < 1.29 is 29.3 Å². The number of aliphatic hydroxyl groups is 1. The van der Waals surface area contributed by atoms with Crippen LogP contribution in [-0.2, 0) is 14.3 Å². The van der Waals surface area contributed by atoms with Gasteiger partial charge in [0, 0.05) is 18.4 Å². The predicted octanol–water partition coefficient (Wildman–Crippen LogP) is 2.25. The first kappa shape index (κ1) is 22.3. The minimum atomic E-state index is -1.41. The van der Waals surface area contributed by atoms with Gasteiger partial charge in [-0.05, 0) is 36.1 Å². The molecule has 1 aliphatic rings. The number of amides is 2. The predicted molar refractivity (Wildman–Crippen MR) is 114 cm³/mol. The van der Waals surface area contributed by atoms with Crippen LogP contribution in [-0.4, -0.2) is 53.0 Å². The number of carbonyl (C=O) groups is 3. The van der Waals surface area contributed by atoms with Crippen molar-refractivity contribution in [2.24, 2.45) is 0 Å². The molecule has 0 aliphatic heterocycles. The molecule has 1 aliphatic carbocycles. The summed E-state index contributed by atoms with van der Waals surface area (Å²) in [5.41, 5.74) is 4.45. The second kappa shape index (κ2) is 9.61. The molecular formula is C23H26N2O6.